The van der Waals surface area contributed by atoms with E-state index in [2.05, 4.69) is 5.32 Å². The van der Waals surface area contributed by atoms with Crippen molar-refractivity contribution in [2.45, 2.75) is 32.6 Å². The molecule has 1 rings (SSSR count). The van der Waals surface area contributed by atoms with Gasteiger partial charge in [-0.1, -0.05) is 13.3 Å². The lowest BCUT2D eigenvalue weighted by Crippen LogP contribution is -2.32. The Kier molecular flexibility index (Phi) is 3.92. The zero-order chi connectivity index (χ0) is 10.6. The molecule has 0 heterocycles. The van der Waals surface area contributed by atoms with Gasteiger partial charge in [0, 0.05) is 13.0 Å². The molecule has 2 atom stereocenters. The van der Waals surface area contributed by atoms with Crippen molar-refractivity contribution >= 4 is 11.9 Å². The van der Waals surface area contributed by atoms with Gasteiger partial charge < -0.3 is 10.4 Å². The van der Waals surface area contributed by atoms with Gasteiger partial charge in [-0.2, -0.15) is 0 Å². The van der Waals surface area contributed by atoms with Gasteiger partial charge in [0.2, 0.25) is 5.91 Å². The van der Waals surface area contributed by atoms with E-state index in [-0.39, 0.29) is 17.7 Å². The van der Waals surface area contributed by atoms with Crippen LogP contribution in [-0.2, 0) is 9.59 Å². The molecule has 1 saturated carbocycles. The normalized spacial score (nSPS) is 26.1. The minimum absolute atomic E-state index is 0.000962. The summed E-state index contributed by atoms with van der Waals surface area (Å²) in [4.78, 5) is 21.8. The molecule has 0 aromatic carbocycles. The first-order chi connectivity index (χ1) is 6.65. The molecule has 0 aromatic heterocycles. The monoisotopic (exact) mass is 199 g/mol. The average Bonchev–Trinajstić information content (AvgIpc) is 2.62. The van der Waals surface area contributed by atoms with Crippen molar-refractivity contribution in [2.24, 2.45) is 11.8 Å². The predicted molar refractivity (Wildman–Crippen MR) is 51.8 cm³/mol. The molecule has 4 heteroatoms. The molecule has 4 nitrogen and oxygen atoms in total. The Morgan fingerprint density at radius 2 is 2.14 bits per heavy atom. The van der Waals surface area contributed by atoms with E-state index in [4.69, 9.17) is 5.11 Å². The van der Waals surface area contributed by atoms with Gasteiger partial charge >= 0.3 is 5.97 Å². The van der Waals surface area contributed by atoms with Crippen molar-refractivity contribution in [3.05, 3.63) is 0 Å². The molecule has 2 N–H and O–H groups in total. The number of hydrogen-bond donors (Lipinski definition) is 2. The van der Waals surface area contributed by atoms with Gasteiger partial charge in [-0.05, 0) is 18.8 Å². The molecule has 0 bridgehead atoms. The Morgan fingerprint density at radius 1 is 1.43 bits per heavy atom. The van der Waals surface area contributed by atoms with Crippen LogP contribution in [0.5, 0.6) is 0 Å². The maximum atomic E-state index is 11.0. The first-order valence-electron chi connectivity index (χ1n) is 5.14. The van der Waals surface area contributed by atoms with E-state index in [9.17, 15) is 9.59 Å². The molecule has 80 valence electrons. The zero-order valence-electron chi connectivity index (χ0n) is 8.45. The summed E-state index contributed by atoms with van der Waals surface area (Å²) in [7, 11) is 0. The summed E-state index contributed by atoms with van der Waals surface area (Å²) in [5.74, 6) is -0.852. The van der Waals surface area contributed by atoms with Crippen LogP contribution in [0, 0.1) is 11.8 Å². The number of aliphatic carboxylic acids is 1. The minimum atomic E-state index is -0.724. The third kappa shape index (κ3) is 2.72. The lowest BCUT2D eigenvalue weighted by molar-refractivity contribution is -0.143. The maximum Gasteiger partial charge on any atom is 0.306 e. The highest BCUT2D eigenvalue weighted by atomic mass is 16.4. The summed E-state index contributed by atoms with van der Waals surface area (Å²) in [6.45, 7) is 2.31. The molecule has 0 spiro atoms. The van der Waals surface area contributed by atoms with Crippen LogP contribution < -0.4 is 5.32 Å². The second kappa shape index (κ2) is 4.98. The topological polar surface area (TPSA) is 66.4 Å². The third-order valence-electron chi connectivity index (χ3n) is 2.86. The van der Waals surface area contributed by atoms with E-state index in [0.717, 1.165) is 19.3 Å². The quantitative estimate of drug-likeness (QED) is 0.710. The van der Waals surface area contributed by atoms with Gasteiger partial charge in [-0.15, -0.1) is 0 Å². The molecule has 1 fully saturated rings. The minimum Gasteiger partial charge on any atom is -0.481 e. The average molecular weight is 199 g/mol. The second-order valence-corrected chi connectivity index (χ2v) is 3.79. The van der Waals surface area contributed by atoms with Crippen LogP contribution in [0.3, 0.4) is 0 Å². The largest absolute Gasteiger partial charge is 0.481 e. The van der Waals surface area contributed by atoms with Gasteiger partial charge in [0.15, 0.2) is 0 Å². The SMILES string of the molecule is CCC(=O)NCC1CCCC1C(=O)O. The molecule has 2 unspecified atom stereocenters. The Bertz CT molecular complexity index is 227. The first kappa shape index (κ1) is 11.0. The van der Waals surface area contributed by atoms with E-state index >= 15 is 0 Å². The fourth-order valence-electron chi connectivity index (χ4n) is 1.98. The van der Waals surface area contributed by atoms with Crippen molar-refractivity contribution in [3.8, 4) is 0 Å². The van der Waals surface area contributed by atoms with Crippen molar-refractivity contribution in [2.75, 3.05) is 6.54 Å². The third-order valence-corrected chi connectivity index (χ3v) is 2.86. The van der Waals surface area contributed by atoms with E-state index in [1.807, 2.05) is 0 Å². The van der Waals surface area contributed by atoms with E-state index in [1.54, 1.807) is 6.92 Å². The number of nitrogens with one attached hydrogen (secondary N) is 1. The van der Waals surface area contributed by atoms with Crippen LogP contribution >= 0.6 is 0 Å². The molecule has 0 saturated heterocycles. The van der Waals surface area contributed by atoms with Gasteiger partial charge in [-0.3, -0.25) is 9.59 Å². The Morgan fingerprint density at radius 3 is 2.71 bits per heavy atom. The molecule has 1 aliphatic carbocycles. The molecular weight excluding hydrogens is 182 g/mol. The van der Waals surface area contributed by atoms with Crippen molar-refractivity contribution in [1.82, 2.24) is 5.32 Å². The smallest absolute Gasteiger partial charge is 0.306 e. The fraction of sp³-hybridized carbons (Fsp3) is 0.800. The Balaban J connectivity index is 2.36. The number of hydrogen-bond acceptors (Lipinski definition) is 2. The Hall–Kier alpha value is -1.06. The molecular formula is C10H17NO3. The standard InChI is InChI=1S/C10H17NO3/c1-2-9(12)11-6-7-4-3-5-8(7)10(13)14/h7-8H,2-6H2,1H3,(H,11,12)(H,13,14). The van der Waals surface area contributed by atoms with E-state index < -0.39 is 5.97 Å². The number of amides is 1. The maximum absolute atomic E-state index is 11.0. The van der Waals surface area contributed by atoms with Crippen molar-refractivity contribution in [1.29, 1.82) is 0 Å². The number of carboxylic acid groups (broad SMARTS) is 1. The number of carboxylic acids is 1. The molecule has 14 heavy (non-hydrogen) atoms. The summed E-state index contributed by atoms with van der Waals surface area (Å²) in [5.41, 5.74) is 0. The van der Waals surface area contributed by atoms with E-state index in [0.29, 0.717) is 13.0 Å². The van der Waals surface area contributed by atoms with Crippen LogP contribution in [0.1, 0.15) is 32.6 Å². The summed E-state index contributed by atoms with van der Waals surface area (Å²) >= 11 is 0. The lowest BCUT2D eigenvalue weighted by Gasteiger charge is -2.15. The highest BCUT2D eigenvalue weighted by Crippen LogP contribution is 2.31. The summed E-state index contributed by atoms with van der Waals surface area (Å²) in [6.07, 6.45) is 3.09. The summed E-state index contributed by atoms with van der Waals surface area (Å²) in [6, 6.07) is 0. The highest BCUT2D eigenvalue weighted by molar-refractivity contribution is 5.75. The van der Waals surface area contributed by atoms with Crippen LogP contribution in [0.25, 0.3) is 0 Å². The summed E-state index contributed by atoms with van der Waals surface area (Å²) < 4.78 is 0. The van der Waals surface area contributed by atoms with Crippen molar-refractivity contribution < 1.29 is 14.7 Å². The molecule has 0 radical (unpaired) electrons. The van der Waals surface area contributed by atoms with Crippen LogP contribution in [0.15, 0.2) is 0 Å². The fourth-order valence-corrected chi connectivity index (χ4v) is 1.98. The van der Waals surface area contributed by atoms with Crippen LogP contribution in [-0.4, -0.2) is 23.5 Å². The van der Waals surface area contributed by atoms with E-state index in [1.165, 1.54) is 0 Å². The summed E-state index contributed by atoms with van der Waals surface area (Å²) in [5, 5.41) is 11.7. The second-order valence-electron chi connectivity index (χ2n) is 3.79. The molecule has 1 aliphatic rings. The number of carbonyl (C=O) groups is 2. The van der Waals surface area contributed by atoms with Gasteiger partial charge in [-0.25, -0.2) is 0 Å². The van der Waals surface area contributed by atoms with Crippen LogP contribution in [0.4, 0.5) is 0 Å². The lowest BCUT2D eigenvalue weighted by atomic mass is 9.96. The van der Waals surface area contributed by atoms with Gasteiger partial charge in [0.1, 0.15) is 0 Å². The molecule has 1 amide bonds. The number of carbonyl (C=O) groups excluding carboxylic acids is 1. The molecule has 0 aromatic rings. The van der Waals surface area contributed by atoms with Gasteiger partial charge in [0.05, 0.1) is 5.92 Å². The first-order valence-corrected chi connectivity index (χ1v) is 5.14. The van der Waals surface area contributed by atoms with Crippen LogP contribution in [0.2, 0.25) is 0 Å². The van der Waals surface area contributed by atoms with Gasteiger partial charge in [0.25, 0.3) is 0 Å². The predicted octanol–water partition coefficient (Wildman–Crippen LogP) is 1.01. The molecule has 0 aliphatic heterocycles. The zero-order valence-corrected chi connectivity index (χ0v) is 8.45. The number of rotatable bonds is 4. The Labute approximate surface area is 83.7 Å². The highest BCUT2D eigenvalue weighted by Gasteiger charge is 2.32. The van der Waals surface area contributed by atoms with Crippen molar-refractivity contribution in [3.63, 3.8) is 0 Å².